The van der Waals surface area contributed by atoms with E-state index in [9.17, 15) is 0 Å². The largest absolute Gasteiger partial charge is 0.497 e. The van der Waals surface area contributed by atoms with Crippen LogP contribution in [-0.4, -0.2) is 14.2 Å². The van der Waals surface area contributed by atoms with Gasteiger partial charge in [0, 0.05) is 16.6 Å². The highest BCUT2D eigenvalue weighted by atomic mass is 79.9. The molecule has 19 heavy (non-hydrogen) atoms. The molecule has 0 aliphatic heterocycles. The van der Waals surface area contributed by atoms with Crippen molar-refractivity contribution in [2.75, 3.05) is 14.2 Å². The third-order valence-corrected chi connectivity index (χ3v) is 3.17. The van der Waals surface area contributed by atoms with Gasteiger partial charge < -0.3 is 14.8 Å². The predicted molar refractivity (Wildman–Crippen MR) is 80.0 cm³/mol. The molecule has 0 heterocycles. The molecule has 100 valence electrons. The van der Waals surface area contributed by atoms with Crippen LogP contribution in [0.5, 0.6) is 17.2 Å². The van der Waals surface area contributed by atoms with Gasteiger partial charge in [-0.15, -0.1) is 0 Å². The number of hydrogen-bond acceptors (Lipinski definition) is 3. The predicted octanol–water partition coefficient (Wildman–Crippen LogP) is 3.97. The van der Waals surface area contributed by atoms with Gasteiger partial charge in [-0.05, 0) is 49.5 Å². The summed E-state index contributed by atoms with van der Waals surface area (Å²) in [7, 11) is 3.56. The second-order valence-corrected chi connectivity index (χ2v) is 4.98. The maximum Gasteiger partial charge on any atom is 0.131 e. The molecule has 0 saturated heterocycles. The number of benzene rings is 2. The Hall–Kier alpha value is -1.52. The number of rotatable bonds is 5. The maximum atomic E-state index is 5.90. The standard InChI is InChI=1S/C15H16BrNO2/c1-17-10-11-9-12(16)3-8-15(11)19-14-6-4-13(18-2)5-7-14/h3-9,17H,10H2,1-2H3. The lowest BCUT2D eigenvalue weighted by Gasteiger charge is -2.12. The van der Waals surface area contributed by atoms with Crippen LogP contribution in [0.15, 0.2) is 46.9 Å². The minimum atomic E-state index is 0.755. The van der Waals surface area contributed by atoms with E-state index in [0.717, 1.165) is 33.8 Å². The van der Waals surface area contributed by atoms with Gasteiger partial charge in [-0.2, -0.15) is 0 Å². The van der Waals surface area contributed by atoms with Crippen molar-refractivity contribution in [3.05, 3.63) is 52.5 Å². The molecule has 2 aromatic carbocycles. The van der Waals surface area contributed by atoms with Crippen molar-refractivity contribution in [2.24, 2.45) is 0 Å². The van der Waals surface area contributed by atoms with Gasteiger partial charge in [-0.25, -0.2) is 0 Å². The highest BCUT2D eigenvalue weighted by Crippen LogP contribution is 2.29. The van der Waals surface area contributed by atoms with Crippen LogP contribution in [0.3, 0.4) is 0 Å². The first kappa shape index (κ1) is 13.9. The molecule has 0 fully saturated rings. The Morgan fingerprint density at radius 3 is 2.37 bits per heavy atom. The summed E-state index contributed by atoms with van der Waals surface area (Å²) in [6.45, 7) is 0.755. The van der Waals surface area contributed by atoms with Gasteiger partial charge in [0.25, 0.3) is 0 Å². The molecule has 3 nitrogen and oxygen atoms in total. The van der Waals surface area contributed by atoms with Gasteiger partial charge in [-0.1, -0.05) is 15.9 Å². The van der Waals surface area contributed by atoms with Crippen molar-refractivity contribution in [1.29, 1.82) is 0 Å². The molecular weight excluding hydrogens is 306 g/mol. The lowest BCUT2D eigenvalue weighted by atomic mass is 10.2. The zero-order chi connectivity index (χ0) is 13.7. The maximum absolute atomic E-state index is 5.90. The van der Waals surface area contributed by atoms with Gasteiger partial charge in [0.05, 0.1) is 7.11 Å². The molecule has 0 unspecified atom stereocenters. The molecule has 0 aliphatic carbocycles. The highest BCUT2D eigenvalue weighted by molar-refractivity contribution is 9.10. The first-order valence-electron chi connectivity index (χ1n) is 5.98. The molecule has 1 N–H and O–H groups in total. The molecule has 0 amide bonds. The van der Waals surface area contributed by atoms with E-state index in [4.69, 9.17) is 9.47 Å². The van der Waals surface area contributed by atoms with Crippen molar-refractivity contribution in [3.63, 3.8) is 0 Å². The summed E-state index contributed by atoms with van der Waals surface area (Å²) in [5.41, 5.74) is 1.10. The smallest absolute Gasteiger partial charge is 0.131 e. The molecule has 0 bridgehead atoms. The summed E-state index contributed by atoms with van der Waals surface area (Å²) in [5.74, 6) is 2.46. The monoisotopic (exact) mass is 321 g/mol. The Bertz CT molecular complexity index is 540. The zero-order valence-corrected chi connectivity index (χ0v) is 12.5. The van der Waals surface area contributed by atoms with Crippen molar-refractivity contribution in [1.82, 2.24) is 5.32 Å². The van der Waals surface area contributed by atoms with Crippen molar-refractivity contribution in [3.8, 4) is 17.2 Å². The first-order chi connectivity index (χ1) is 9.22. The molecule has 4 heteroatoms. The zero-order valence-electron chi connectivity index (χ0n) is 10.9. The number of nitrogens with one attached hydrogen (secondary N) is 1. The van der Waals surface area contributed by atoms with Gasteiger partial charge in [-0.3, -0.25) is 0 Å². The SMILES string of the molecule is CNCc1cc(Br)ccc1Oc1ccc(OC)cc1. The van der Waals surface area contributed by atoms with Crippen LogP contribution in [0.25, 0.3) is 0 Å². The van der Waals surface area contributed by atoms with E-state index < -0.39 is 0 Å². The quantitative estimate of drug-likeness (QED) is 0.903. The second kappa shape index (κ2) is 6.59. The van der Waals surface area contributed by atoms with E-state index in [1.165, 1.54) is 0 Å². The summed E-state index contributed by atoms with van der Waals surface area (Å²) in [4.78, 5) is 0. The van der Waals surface area contributed by atoms with Crippen molar-refractivity contribution >= 4 is 15.9 Å². The Morgan fingerprint density at radius 1 is 1.05 bits per heavy atom. The number of ether oxygens (including phenoxy) is 2. The third-order valence-electron chi connectivity index (χ3n) is 2.68. The fourth-order valence-electron chi connectivity index (χ4n) is 1.75. The molecule has 0 aliphatic rings. The van der Waals surface area contributed by atoms with Gasteiger partial charge in [0.15, 0.2) is 0 Å². The average molecular weight is 322 g/mol. The Labute approximate surface area is 121 Å². The third kappa shape index (κ3) is 3.72. The molecule has 0 radical (unpaired) electrons. The Kier molecular flexibility index (Phi) is 4.82. The van der Waals surface area contributed by atoms with Crippen LogP contribution in [0.1, 0.15) is 5.56 Å². The first-order valence-corrected chi connectivity index (χ1v) is 6.77. The van der Waals surface area contributed by atoms with Crippen LogP contribution in [0.2, 0.25) is 0 Å². The summed E-state index contributed by atoms with van der Waals surface area (Å²) < 4.78 is 12.1. The summed E-state index contributed by atoms with van der Waals surface area (Å²) in [6.07, 6.45) is 0. The molecule has 0 aromatic heterocycles. The normalized spacial score (nSPS) is 10.3. The average Bonchev–Trinajstić information content (AvgIpc) is 2.43. The Morgan fingerprint density at radius 2 is 1.74 bits per heavy atom. The minimum Gasteiger partial charge on any atom is -0.497 e. The molecule has 0 spiro atoms. The van der Waals surface area contributed by atoms with Crippen molar-refractivity contribution in [2.45, 2.75) is 6.54 Å². The van der Waals surface area contributed by atoms with E-state index >= 15 is 0 Å². The summed E-state index contributed by atoms with van der Waals surface area (Å²) >= 11 is 3.47. The topological polar surface area (TPSA) is 30.5 Å². The molecule has 0 saturated carbocycles. The lowest BCUT2D eigenvalue weighted by molar-refractivity contribution is 0.412. The summed E-state index contributed by atoms with van der Waals surface area (Å²) in [5, 5.41) is 3.13. The van der Waals surface area contributed by atoms with Gasteiger partial charge >= 0.3 is 0 Å². The number of methoxy groups -OCH3 is 1. The number of hydrogen-bond donors (Lipinski definition) is 1. The van der Waals surface area contributed by atoms with E-state index in [0.29, 0.717) is 0 Å². The highest BCUT2D eigenvalue weighted by Gasteiger charge is 2.05. The van der Waals surface area contributed by atoms with E-state index in [2.05, 4.69) is 27.3 Å². The fourth-order valence-corrected chi connectivity index (χ4v) is 2.16. The molecule has 2 rings (SSSR count). The van der Waals surface area contributed by atoms with Gasteiger partial charge in [0.2, 0.25) is 0 Å². The van der Waals surface area contributed by atoms with E-state index in [-0.39, 0.29) is 0 Å². The molecule has 0 atom stereocenters. The van der Waals surface area contributed by atoms with Crippen LogP contribution in [0, 0.1) is 0 Å². The molecular formula is C15H16BrNO2. The van der Waals surface area contributed by atoms with Gasteiger partial charge in [0.1, 0.15) is 17.2 Å². The Balaban J connectivity index is 2.21. The van der Waals surface area contributed by atoms with Crippen LogP contribution in [0.4, 0.5) is 0 Å². The van der Waals surface area contributed by atoms with Crippen LogP contribution in [-0.2, 0) is 6.54 Å². The lowest BCUT2D eigenvalue weighted by Crippen LogP contribution is -2.06. The number of halogens is 1. The molecule has 2 aromatic rings. The minimum absolute atomic E-state index is 0.755. The van der Waals surface area contributed by atoms with E-state index in [1.807, 2.05) is 43.4 Å². The fraction of sp³-hybridized carbons (Fsp3) is 0.200. The second-order valence-electron chi connectivity index (χ2n) is 4.06. The van der Waals surface area contributed by atoms with Crippen LogP contribution < -0.4 is 14.8 Å². The van der Waals surface area contributed by atoms with E-state index in [1.54, 1.807) is 7.11 Å². The summed E-state index contributed by atoms with van der Waals surface area (Å²) in [6, 6.07) is 13.5. The van der Waals surface area contributed by atoms with Crippen molar-refractivity contribution < 1.29 is 9.47 Å². The van der Waals surface area contributed by atoms with Crippen LogP contribution >= 0.6 is 15.9 Å².